The molecule has 2 saturated carbocycles. The first-order valence-corrected chi connectivity index (χ1v) is 50.3. The molecule has 35 heteroatoms. The Morgan fingerprint density at radius 3 is 1.04 bits per heavy atom. The number of anilines is 6. The van der Waals surface area contributed by atoms with Crippen molar-refractivity contribution in [2.24, 2.45) is 0 Å². The first-order valence-electron chi connectivity index (χ1n) is 45.2. The zero-order chi connectivity index (χ0) is 95.1. The summed E-state index contributed by atoms with van der Waals surface area (Å²) in [5.74, 6) is 6.01. The molecule has 8 fully saturated rings. The van der Waals surface area contributed by atoms with E-state index in [2.05, 4.69) is 192 Å². The fraction of sp³-hybridized carbons (Fsp3) is 0.414. The Morgan fingerprint density at radius 2 is 0.694 bits per heavy atom. The van der Waals surface area contributed by atoms with Gasteiger partial charge in [0.2, 0.25) is 0 Å². The Bertz CT molecular complexity index is 5980. The van der Waals surface area contributed by atoms with Crippen LogP contribution in [0.25, 0.3) is 0 Å². The Morgan fingerprint density at radius 1 is 0.373 bits per heavy atom. The third-order valence-corrected chi connectivity index (χ3v) is 27.8. The van der Waals surface area contributed by atoms with Crippen molar-refractivity contribution < 1.29 is 41.3 Å². The summed E-state index contributed by atoms with van der Waals surface area (Å²) < 4.78 is 54.0. The van der Waals surface area contributed by atoms with E-state index < -0.39 is 26.4 Å². The number of carbonyl (C=O) groups is 4. The molecule has 4 aromatic carbocycles. The number of nitro groups is 1. The van der Waals surface area contributed by atoms with Crippen molar-refractivity contribution in [1.82, 2.24) is 60.1 Å². The first kappa shape index (κ1) is 103. The average molecular weight is 2130 g/mol. The molecule has 712 valence electrons. The highest BCUT2D eigenvalue weighted by molar-refractivity contribution is 9.11. The lowest BCUT2D eigenvalue weighted by Crippen LogP contribution is -2.49. The van der Waals surface area contributed by atoms with E-state index in [1.54, 1.807) is 61.6 Å². The quantitative estimate of drug-likeness (QED) is 0.0756. The van der Waals surface area contributed by atoms with Gasteiger partial charge in [0.05, 0.1) is 25.4 Å². The maximum Gasteiger partial charge on any atom is 0.283 e. The molecular formula is C99H118Br4ClF2N19O8S. The number of hydrogen-bond donors (Lipinski definition) is 2. The minimum atomic E-state index is -3.50. The van der Waals surface area contributed by atoms with Crippen LogP contribution < -0.4 is 40.0 Å². The molecule has 6 aliphatic heterocycles. The predicted molar refractivity (Wildman–Crippen MR) is 543 cm³/mol. The van der Waals surface area contributed by atoms with E-state index >= 15 is 0 Å². The van der Waals surface area contributed by atoms with E-state index in [0.29, 0.717) is 115 Å². The first-order chi connectivity index (χ1) is 63.6. The Balaban J connectivity index is 0.000000146. The molecule has 6 saturated heterocycles. The van der Waals surface area contributed by atoms with Gasteiger partial charge in [0.1, 0.15) is 52.1 Å². The Labute approximate surface area is 824 Å². The van der Waals surface area contributed by atoms with Crippen LogP contribution in [0.5, 0.6) is 0 Å². The van der Waals surface area contributed by atoms with Gasteiger partial charge in [-0.1, -0.05) is 84.2 Å². The van der Waals surface area contributed by atoms with Crippen molar-refractivity contribution >= 4 is 150 Å². The molecule has 27 nitrogen and oxygen atoms in total. The van der Waals surface area contributed by atoms with Gasteiger partial charge in [-0.25, -0.2) is 47.1 Å². The van der Waals surface area contributed by atoms with Crippen LogP contribution >= 0.6 is 76.1 Å². The van der Waals surface area contributed by atoms with E-state index in [0.717, 1.165) is 157 Å². The molecule has 0 radical (unpaired) electrons. The minimum absolute atomic E-state index is 0. The summed E-state index contributed by atoms with van der Waals surface area (Å²) in [6.07, 6.45) is 18.1. The summed E-state index contributed by atoms with van der Waals surface area (Å²) in [6.45, 7) is 38.9. The molecule has 10 aromatic rings. The van der Waals surface area contributed by atoms with E-state index in [4.69, 9.17) is 4.98 Å². The number of aryl methyl sites for hydroxylation is 10. The van der Waals surface area contributed by atoms with E-state index in [9.17, 15) is 46.5 Å². The molecule has 6 aromatic heterocycles. The maximum atomic E-state index is 14.0. The van der Waals surface area contributed by atoms with Gasteiger partial charge in [-0.15, -0.1) is 12.4 Å². The SMILES string of the molecule is Cc1cnc(N2CCN(C(=O)c3ccc(Br)c(F)c3)CC2)c(C)c1.Cc1cnc(N2CCN(C(=O)c3ccc(Br)cc3F)CC2)c(C)c1.Cc1cnc(N2CCN(C(=O)c3ccc(Br)cc3S(C)(=O)=O)CC2)c(C)c1.Cc1cnc(N2CCN(C(=O)c3ccc(Br)cc3[N+](=O)[O-])CC2)c(C)c1.Cc1cnc(N2CCNCC2)c(C)c1.Cl.c1nc(N2CCNCC2)c(C2CC2)cc1C1CC1. The minimum Gasteiger partial charge on any atom is -0.354 e. The van der Waals surface area contributed by atoms with Crippen LogP contribution in [0.15, 0.2) is 169 Å². The molecule has 8 aliphatic rings. The zero-order valence-corrected chi connectivity index (χ0v) is 85.7. The highest BCUT2D eigenvalue weighted by Crippen LogP contribution is 2.48. The summed E-state index contributed by atoms with van der Waals surface area (Å²) in [6, 6.07) is 31.4. The Hall–Kier alpha value is -10.2. The normalized spacial score (nSPS) is 16.2. The lowest BCUT2D eigenvalue weighted by Gasteiger charge is -2.36. The van der Waals surface area contributed by atoms with Gasteiger partial charge in [-0.05, 0) is 256 Å². The summed E-state index contributed by atoms with van der Waals surface area (Å²) >= 11 is 12.8. The fourth-order valence-corrected chi connectivity index (χ4v) is 19.7. The van der Waals surface area contributed by atoms with Gasteiger partial charge in [-0.2, -0.15) is 0 Å². The summed E-state index contributed by atoms with van der Waals surface area (Å²) in [7, 11) is -3.50. The molecule has 134 heavy (non-hydrogen) atoms. The molecule has 18 rings (SSSR count). The van der Waals surface area contributed by atoms with Crippen LogP contribution in [0, 0.1) is 91.0 Å². The summed E-state index contributed by atoms with van der Waals surface area (Å²) in [5, 5.41) is 18.0. The van der Waals surface area contributed by atoms with Crippen molar-refractivity contribution in [2.45, 2.75) is 112 Å². The lowest BCUT2D eigenvalue weighted by atomic mass is 10.1. The van der Waals surface area contributed by atoms with Gasteiger partial charge in [0, 0.05) is 226 Å². The van der Waals surface area contributed by atoms with Gasteiger partial charge >= 0.3 is 0 Å². The molecule has 4 amide bonds. The predicted octanol–water partition coefficient (Wildman–Crippen LogP) is 17.1. The van der Waals surface area contributed by atoms with E-state index in [-0.39, 0.29) is 63.3 Å². The van der Waals surface area contributed by atoms with Gasteiger partial charge in [0.15, 0.2) is 9.84 Å². The lowest BCUT2D eigenvalue weighted by molar-refractivity contribution is -0.385. The highest BCUT2D eigenvalue weighted by atomic mass is 79.9. The van der Waals surface area contributed by atoms with Crippen molar-refractivity contribution in [3.8, 4) is 0 Å². The van der Waals surface area contributed by atoms with Crippen molar-refractivity contribution in [1.29, 1.82) is 0 Å². The summed E-state index contributed by atoms with van der Waals surface area (Å²) in [5.41, 5.74) is 15.2. The van der Waals surface area contributed by atoms with Crippen molar-refractivity contribution in [3.05, 3.63) is 275 Å². The van der Waals surface area contributed by atoms with Crippen molar-refractivity contribution in [2.75, 3.05) is 193 Å². The maximum absolute atomic E-state index is 14.0. The van der Waals surface area contributed by atoms with Gasteiger partial charge < -0.3 is 59.6 Å². The highest BCUT2D eigenvalue weighted by Gasteiger charge is 2.35. The van der Waals surface area contributed by atoms with Crippen LogP contribution in [-0.4, -0.2) is 250 Å². The van der Waals surface area contributed by atoms with Crippen LogP contribution in [0.3, 0.4) is 0 Å². The van der Waals surface area contributed by atoms with E-state index in [1.807, 2.05) is 79.5 Å². The number of amides is 4. The van der Waals surface area contributed by atoms with Crippen LogP contribution in [0.4, 0.5) is 49.4 Å². The van der Waals surface area contributed by atoms with Crippen LogP contribution in [0.1, 0.15) is 146 Å². The number of halogens is 7. The van der Waals surface area contributed by atoms with E-state index in [1.165, 1.54) is 84.6 Å². The smallest absolute Gasteiger partial charge is 0.283 e. The second-order valence-electron chi connectivity index (χ2n) is 35.2. The van der Waals surface area contributed by atoms with Gasteiger partial charge in [-0.3, -0.25) is 29.3 Å². The topological polar surface area (TPSA) is 279 Å². The number of pyridine rings is 6. The number of carbonyl (C=O) groups excluding carboxylic acids is 4. The number of sulfone groups is 1. The average Bonchev–Trinajstić information content (AvgIpc) is 1.78. The molecule has 2 aliphatic carbocycles. The number of rotatable bonds is 14. The zero-order valence-electron chi connectivity index (χ0n) is 77.8. The molecular weight excluding hydrogens is 2010 g/mol. The number of hydrogen-bond acceptors (Lipinski definition) is 22. The third kappa shape index (κ3) is 27.2. The monoisotopic (exact) mass is 2120 g/mol. The second-order valence-corrected chi connectivity index (χ2v) is 40.8. The van der Waals surface area contributed by atoms with Gasteiger partial charge in [0.25, 0.3) is 29.3 Å². The second kappa shape index (κ2) is 47.0. The molecule has 2 N–H and O–H groups in total. The number of nitro benzene ring substituents is 1. The molecule has 12 heterocycles. The number of nitrogens with zero attached hydrogens (tertiary/aromatic N) is 17. The number of benzene rings is 4. The standard InChI is InChI=1S/C19H22BrN3O3S.2C18H19BrFN3O.C18H19BrN4O3.C15H21N3.C11H17N3.ClH/c1-13-10-14(2)18(21-12-13)22-6-8-23(9-7-22)19(24)16-5-4-15(20)11-17(16)27(3,25)26;1-12-9-13(2)17(21-11-12)22-5-7-23(8-6-22)18(24)15-4-3-14(19)10-16(15)20;1-12-9-13(2)17(21-11-12)22-5-7-23(8-6-22)18(24)14-3-4-15(19)16(20)10-14;1-12-9-13(2)17(20-11-12)21-5-7-22(8-6-21)18(24)15-4-3-14(19)10-16(15)23(25)26;1-2-11(1)13-9-14(12-3-4-12)15(17-10-13)18-7-5-16-6-8-18;1-9-7-10(2)11(13-8-9)14-5-3-12-4-6-14;/h4-5,10-12H,6-9H2,1-3H3;2*3-4,9-11H,5-8H2,1-2H3;3-4,9-11H,5-8H2,1-2H3;9-12,16H,1-8H2;7-8,12H,3-6H2,1-2H3;1H. The van der Waals surface area contributed by atoms with Crippen LogP contribution in [-0.2, 0) is 9.84 Å². The Kier molecular flexibility index (Phi) is 36.1. The third-order valence-electron chi connectivity index (χ3n) is 24.5. The molecule has 0 bridgehead atoms. The number of piperazine rings is 6. The molecule has 0 unspecified atom stereocenters. The van der Waals surface area contributed by atoms with Crippen LogP contribution in [0.2, 0.25) is 0 Å². The number of nitrogens with one attached hydrogen (secondary N) is 2. The summed E-state index contributed by atoms with van der Waals surface area (Å²) in [4.78, 5) is 109. The molecule has 0 spiro atoms. The fourth-order valence-electron chi connectivity index (χ4n) is 17.3. The number of aromatic nitrogens is 6. The van der Waals surface area contributed by atoms with Crippen molar-refractivity contribution in [3.63, 3.8) is 0 Å². The largest absolute Gasteiger partial charge is 0.354 e. The molecule has 0 atom stereocenters.